The summed E-state index contributed by atoms with van der Waals surface area (Å²) in [6, 6.07) is 0. The first-order valence-corrected chi connectivity index (χ1v) is 6.92. The number of Topliss-reactive ketones (excluding diaryl/α,β-unsaturated/α-hetero) is 1. The van der Waals surface area contributed by atoms with Gasteiger partial charge in [-0.1, -0.05) is 0 Å². The SMILES string of the molecule is NCC(=O)C1(C(=O)O)NCCCC1C1CCOCC1. The molecule has 108 valence electrons. The summed E-state index contributed by atoms with van der Waals surface area (Å²) in [7, 11) is 0. The molecule has 6 heteroatoms. The van der Waals surface area contributed by atoms with Crippen LogP contribution in [0.1, 0.15) is 25.7 Å². The number of carboxylic acids is 1. The Morgan fingerprint density at radius 1 is 1.32 bits per heavy atom. The molecule has 0 aromatic heterocycles. The number of piperidine rings is 1. The Bertz CT molecular complexity index is 355. The van der Waals surface area contributed by atoms with Crippen LogP contribution in [-0.4, -0.2) is 48.7 Å². The zero-order chi connectivity index (χ0) is 13.9. The number of nitrogens with two attached hydrogens (primary N) is 1. The minimum Gasteiger partial charge on any atom is -0.480 e. The normalized spacial score (nSPS) is 33.0. The third kappa shape index (κ3) is 2.52. The molecule has 2 saturated heterocycles. The lowest BCUT2D eigenvalue weighted by molar-refractivity contribution is -0.157. The van der Waals surface area contributed by atoms with Gasteiger partial charge in [-0.15, -0.1) is 0 Å². The van der Waals surface area contributed by atoms with E-state index in [1.54, 1.807) is 0 Å². The topological polar surface area (TPSA) is 102 Å². The molecular weight excluding hydrogens is 248 g/mol. The maximum Gasteiger partial charge on any atom is 0.332 e. The fourth-order valence-electron chi connectivity index (χ4n) is 3.48. The molecule has 2 unspecified atom stereocenters. The maximum absolute atomic E-state index is 12.2. The summed E-state index contributed by atoms with van der Waals surface area (Å²) in [4.78, 5) is 23.9. The van der Waals surface area contributed by atoms with Crippen molar-refractivity contribution in [3.05, 3.63) is 0 Å². The number of ether oxygens (including phenoxy) is 1. The van der Waals surface area contributed by atoms with Crippen molar-refractivity contribution in [2.45, 2.75) is 31.2 Å². The van der Waals surface area contributed by atoms with E-state index in [0.717, 1.165) is 25.7 Å². The molecule has 4 N–H and O–H groups in total. The Morgan fingerprint density at radius 3 is 2.58 bits per heavy atom. The number of carboxylic acid groups (broad SMARTS) is 1. The molecule has 0 saturated carbocycles. The van der Waals surface area contributed by atoms with Gasteiger partial charge in [0.1, 0.15) is 0 Å². The lowest BCUT2D eigenvalue weighted by atomic mass is 9.66. The summed E-state index contributed by atoms with van der Waals surface area (Å²) in [5.74, 6) is -1.46. The summed E-state index contributed by atoms with van der Waals surface area (Å²) >= 11 is 0. The van der Waals surface area contributed by atoms with Gasteiger partial charge in [-0.2, -0.15) is 0 Å². The number of hydrogen-bond donors (Lipinski definition) is 3. The van der Waals surface area contributed by atoms with E-state index in [9.17, 15) is 14.7 Å². The summed E-state index contributed by atoms with van der Waals surface area (Å²) in [5.41, 5.74) is 3.95. The molecular formula is C13H22N2O4. The van der Waals surface area contributed by atoms with Gasteiger partial charge in [-0.25, -0.2) is 4.79 Å². The number of rotatable bonds is 4. The van der Waals surface area contributed by atoms with Gasteiger partial charge in [0.25, 0.3) is 0 Å². The van der Waals surface area contributed by atoms with Crippen LogP contribution in [0, 0.1) is 11.8 Å². The summed E-state index contributed by atoms with van der Waals surface area (Å²) in [5, 5.41) is 12.6. The minimum absolute atomic E-state index is 0.182. The number of ketones is 1. The zero-order valence-electron chi connectivity index (χ0n) is 11.1. The highest BCUT2D eigenvalue weighted by atomic mass is 16.5. The van der Waals surface area contributed by atoms with Gasteiger partial charge < -0.3 is 15.6 Å². The van der Waals surface area contributed by atoms with Crippen LogP contribution >= 0.6 is 0 Å². The highest BCUT2D eigenvalue weighted by Gasteiger charge is 2.54. The van der Waals surface area contributed by atoms with Gasteiger partial charge in [0.05, 0.1) is 6.54 Å². The fourth-order valence-corrected chi connectivity index (χ4v) is 3.48. The average molecular weight is 270 g/mol. The summed E-state index contributed by atoms with van der Waals surface area (Å²) in [6.07, 6.45) is 3.29. The molecule has 2 fully saturated rings. The molecule has 2 rings (SSSR count). The van der Waals surface area contributed by atoms with Crippen LogP contribution in [-0.2, 0) is 14.3 Å². The molecule has 2 aliphatic rings. The van der Waals surface area contributed by atoms with Crippen LogP contribution in [0.15, 0.2) is 0 Å². The van der Waals surface area contributed by atoms with E-state index >= 15 is 0 Å². The van der Waals surface area contributed by atoms with Crippen LogP contribution in [0.25, 0.3) is 0 Å². The van der Waals surface area contributed by atoms with Gasteiger partial charge in [0.15, 0.2) is 11.3 Å². The predicted octanol–water partition coefficient (Wildman–Crippen LogP) is -0.236. The van der Waals surface area contributed by atoms with E-state index in [-0.39, 0.29) is 18.4 Å². The second-order valence-electron chi connectivity index (χ2n) is 5.37. The monoisotopic (exact) mass is 270 g/mol. The van der Waals surface area contributed by atoms with E-state index in [1.165, 1.54) is 0 Å². The van der Waals surface area contributed by atoms with E-state index in [2.05, 4.69) is 5.32 Å². The molecule has 6 nitrogen and oxygen atoms in total. The molecule has 0 amide bonds. The standard InChI is InChI=1S/C13H22N2O4/c14-8-11(16)13(12(17)18)10(2-1-5-15-13)9-3-6-19-7-4-9/h9-10,15H,1-8,14H2,(H,17,18). The molecule has 2 aliphatic heterocycles. The zero-order valence-corrected chi connectivity index (χ0v) is 11.1. The first kappa shape index (κ1) is 14.4. The van der Waals surface area contributed by atoms with Crippen molar-refractivity contribution in [2.75, 3.05) is 26.3 Å². The smallest absolute Gasteiger partial charge is 0.332 e. The van der Waals surface area contributed by atoms with Crippen molar-refractivity contribution in [3.8, 4) is 0 Å². The van der Waals surface area contributed by atoms with Crippen molar-refractivity contribution in [1.82, 2.24) is 5.32 Å². The predicted molar refractivity (Wildman–Crippen MR) is 68.7 cm³/mol. The van der Waals surface area contributed by atoms with Gasteiger partial charge in [-0.3, -0.25) is 10.1 Å². The van der Waals surface area contributed by atoms with Gasteiger partial charge in [0.2, 0.25) is 0 Å². The van der Waals surface area contributed by atoms with Crippen molar-refractivity contribution in [2.24, 2.45) is 17.6 Å². The summed E-state index contributed by atoms with van der Waals surface area (Å²) in [6.45, 7) is 1.61. The van der Waals surface area contributed by atoms with E-state index in [0.29, 0.717) is 19.8 Å². The molecule has 0 spiro atoms. The van der Waals surface area contributed by atoms with Gasteiger partial charge in [0, 0.05) is 13.2 Å². The Labute approximate surface area is 112 Å². The third-order valence-electron chi connectivity index (χ3n) is 4.45. The van der Waals surface area contributed by atoms with E-state index in [1.807, 2.05) is 0 Å². The molecule has 2 heterocycles. The fraction of sp³-hybridized carbons (Fsp3) is 0.846. The van der Waals surface area contributed by atoms with E-state index in [4.69, 9.17) is 10.5 Å². The Hall–Kier alpha value is -0.980. The minimum atomic E-state index is -1.49. The van der Waals surface area contributed by atoms with Crippen LogP contribution < -0.4 is 11.1 Å². The van der Waals surface area contributed by atoms with Crippen LogP contribution in [0.3, 0.4) is 0 Å². The Balaban J connectivity index is 2.30. The lowest BCUT2D eigenvalue weighted by Crippen LogP contribution is -2.68. The van der Waals surface area contributed by atoms with Crippen LogP contribution in [0.4, 0.5) is 0 Å². The Morgan fingerprint density at radius 2 is 2.00 bits per heavy atom. The molecule has 0 aromatic carbocycles. The first-order chi connectivity index (χ1) is 9.13. The molecule has 0 bridgehead atoms. The molecule has 0 aromatic rings. The Kier molecular flexibility index (Phi) is 4.54. The number of carbonyl (C=O) groups excluding carboxylic acids is 1. The number of hydrogen-bond acceptors (Lipinski definition) is 5. The van der Waals surface area contributed by atoms with Crippen molar-refractivity contribution < 1.29 is 19.4 Å². The molecule has 2 atom stereocenters. The quantitative estimate of drug-likeness (QED) is 0.610. The average Bonchev–Trinajstić information content (AvgIpc) is 2.47. The van der Waals surface area contributed by atoms with Crippen LogP contribution in [0.5, 0.6) is 0 Å². The largest absolute Gasteiger partial charge is 0.480 e. The summed E-state index contributed by atoms with van der Waals surface area (Å²) < 4.78 is 5.33. The van der Waals surface area contributed by atoms with Crippen molar-refractivity contribution in [1.29, 1.82) is 0 Å². The van der Waals surface area contributed by atoms with Crippen molar-refractivity contribution in [3.63, 3.8) is 0 Å². The van der Waals surface area contributed by atoms with Crippen LogP contribution in [0.2, 0.25) is 0 Å². The molecule has 0 radical (unpaired) electrons. The molecule has 0 aliphatic carbocycles. The molecule has 19 heavy (non-hydrogen) atoms. The number of carbonyl (C=O) groups is 2. The van der Waals surface area contributed by atoms with Crippen molar-refractivity contribution >= 4 is 11.8 Å². The first-order valence-electron chi connectivity index (χ1n) is 6.92. The number of nitrogens with one attached hydrogen (secondary N) is 1. The number of aliphatic carboxylic acids is 1. The highest BCUT2D eigenvalue weighted by Crippen LogP contribution is 2.38. The second-order valence-corrected chi connectivity index (χ2v) is 5.37. The second kappa shape index (κ2) is 5.98. The third-order valence-corrected chi connectivity index (χ3v) is 4.45. The van der Waals surface area contributed by atoms with E-state index < -0.39 is 17.3 Å². The highest BCUT2D eigenvalue weighted by molar-refractivity contribution is 6.09. The van der Waals surface area contributed by atoms with Gasteiger partial charge in [-0.05, 0) is 44.1 Å². The van der Waals surface area contributed by atoms with Gasteiger partial charge >= 0.3 is 5.97 Å². The lowest BCUT2D eigenvalue weighted by Gasteiger charge is -2.45. The maximum atomic E-state index is 12.2.